The molecule has 20 heavy (non-hydrogen) atoms. The zero-order valence-electron chi connectivity index (χ0n) is 11.1. The summed E-state index contributed by atoms with van der Waals surface area (Å²) in [5.41, 5.74) is 0.558. The van der Waals surface area contributed by atoms with Gasteiger partial charge in [-0.1, -0.05) is 14.9 Å². The molecule has 4 unspecified atom stereocenters. The van der Waals surface area contributed by atoms with Crippen molar-refractivity contribution in [2.75, 3.05) is 18.4 Å². The number of rotatable bonds is 4. The first-order valence-corrected chi connectivity index (χ1v) is 12.8. The smallest absolute Gasteiger partial charge is 0.258 e. The molecule has 1 aromatic rings. The van der Waals surface area contributed by atoms with E-state index in [0.29, 0.717) is 25.9 Å². The Morgan fingerprint density at radius 3 is 2.95 bits per heavy atom. The molecule has 0 spiro atoms. The van der Waals surface area contributed by atoms with Crippen molar-refractivity contribution < 1.29 is 9.59 Å². The van der Waals surface area contributed by atoms with Gasteiger partial charge in [0.15, 0.2) is 0 Å². The van der Waals surface area contributed by atoms with Crippen LogP contribution in [-0.2, 0) is 4.79 Å². The zero-order valence-corrected chi connectivity index (χ0v) is 15.3. The number of anilines is 1. The van der Waals surface area contributed by atoms with Gasteiger partial charge in [-0.05, 0) is 19.8 Å². The van der Waals surface area contributed by atoms with Crippen LogP contribution in [0.3, 0.4) is 0 Å². The normalized spacial score (nSPS) is 17.1. The molecule has 2 rings (SSSR count). The molecule has 108 valence electrons. The van der Waals surface area contributed by atoms with Gasteiger partial charge in [0.05, 0.1) is 5.56 Å². The average molecular weight is 347 g/mol. The Bertz CT molecular complexity index is 540. The average Bonchev–Trinajstić information content (AvgIpc) is 2.56. The van der Waals surface area contributed by atoms with E-state index in [2.05, 4.69) is 28.2 Å². The fraction of sp³-hybridized carbons (Fsp3) is 0.364. The third-order valence-corrected chi connectivity index (χ3v) is 13.0. The number of aromatic nitrogens is 1. The summed E-state index contributed by atoms with van der Waals surface area (Å²) in [5.74, 6) is 0.118. The molecule has 0 saturated heterocycles. The first kappa shape index (κ1) is 16.2. The first-order valence-electron chi connectivity index (χ1n) is 6.17. The topological polar surface area (TPSA) is 62.3 Å². The number of nitrogens with one attached hydrogen (secondary N) is 1. The minimum Gasteiger partial charge on any atom is -0.329 e. The van der Waals surface area contributed by atoms with Crippen LogP contribution in [0.5, 0.6) is 0 Å². The Morgan fingerprint density at radius 2 is 2.30 bits per heavy atom. The van der Waals surface area contributed by atoms with Gasteiger partial charge in [-0.15, -0.1) is 17.9 Å². The highest BCUT2D eigenvalue weighted by Crippen LogP contribution is 2.65. The number of hydrogen-bond acceptors (Lipinski definition) is 3. The molecule has 0 bridgehead atoms. The van der Waals surface area contributed by atoms with Crippen molar-refractivity contribution in [3.8, 4) is 0 Å². The fourth-order valence-corrected chi connectivity index (χ4v) is 5.74. The van der Waals surface area contributed by atoms with E-state index in [0.717, 1.165) is 11.7 Å². The van der Waals surface area contributed by atoms with Crippen molar-refractivity contribution in [2.45, 2.75) is 13.3 Å². The maximum Gasteiger partial charge on any atom is 0.258 e. The number of fused-ring (bicyclic) bond motifs is 1. The molecule has 9 heteroatoms. The summed E-state index contributed by atoms with van der Waals surface area (Å²) < 4.78 is 0. The molecule has 2 amide bonds. The Kier molecular flexibility index (Phi) is 5.82. The van der Waals surface area contributed by atoms with Gasteiger partial charge in [0.25, 0.3) is 5.91 Å². The highest BCUT2D eigenvalue weighted by Gasteiger charge is 2.30. The van der Waals surface area contributed by atoms with Crippen molar-refractivity contribution in [3.05, 3.63) is 17.8 Å². The molecule has 1 aliphatic rings. The van der Waals surface area contributed by atoms with Crippen LogP contribution in [0.2, 0.25) is 0 Å². The Morgan fingerprint density at radius 1 is 1.55 bits per heavy atom. The van der Waals surface area contributed by atoms with Crippen LogP contribution in [0.25, 0.3) is 0 Å². The number of hydrogen-bond donors (Lipinski definition) is 1. The number of carbonyl (C=O) groups is 2. The van der Waals surface area contributed by atoms with Gasteiger partial charge in [0.1, 0.15) is 12.4 Å². The van der Waals surface area contributed by atoms with E-state index >= 15 is 0 Å². The van der Waals surface area contributed by atoms with Gasteiger partial charge in [-0.2, -0.15) is 0 Å². The van der Waals surface area contributed by atoms with Crippen LogP contribution in [0.1, 0.15) is 23.7 Å². The lowest BCUT2D eigenvalue weighted by Gasteiger charge is -2.21. The molecular weight excluding hydrogens is 330 g/mol. The van der Waals surface area contributed by atoms with Crippen molar-refractivity contribution in [2.24, 2.45) is 0 Å². The van der Waals surface area contributed by atoms with Crippen molar-refractivity contribution in [3.63, 3.8) is 0 Å². The van der Waals surface area contributed by atoms with Crippen molar-refractivity contribution in [1.82, 2.24) is 9.88 Å². The molecule has 1 aliphatic heterocycles. The molecule has 0 aliphatic carbocycles. The summed E-state index contributed by atoms with van der Waals surface area (Å²) in [6.45, 7) is 2.67. The van der Waals surface area contributed by atoms with Crippen molar-refractivity contribution in [1.29, 1.82) is 0 Å². The minimum atomic E-state index is -0.501. The molecule has 5 nitrogen and oxygen atoms in total. The molecule has 2 heterocycles. The van der Waals surface area contributed by atoms with Gasteiger partial charge in [-0.25, -0.2) is 4.98 Å². The monoisotopic (exact) mass is 347 g/mol. The summed E-state index contributed by atoms with van der Waals surface area (Å²) in [5, 5.41) is 3.73. The minimum absolute atomic E-state index is 0.0958. The molecule has 1 N–H and O–H groups in total. The van der Waals surface area contributed by atoms with Gasteiger partial charge in [-0.3, -0.25) is 9.59 Å². The molecule has 1 aromatic heterocycles. The van der Waals surface area contributed by atoms with Crippen LogP contribution in [0.15, 0.2) is 12.3 Å². The van der Waals surface area contributed by atoms with E-state index in [-0.39, 0.29) is 18.4 Å². The summed E-state index contributed by atoms with van der Waals surface area (Å²) in [4.78, 5) is 30.4. The SMILES string of the molecule is CCCN1CC(=O)Nc2nccc(P(P)PP)c2C1=O. The molecule has 0 radical (unpaired) electrons. The Hall–Kier alpha value is -0.190. The van der Waals surface area contributed by atoms with Gasteiger partial charge < -0.3 is 10.2 Å². The van der Waals surface area contributed by atoms with E-state index < -0.39 is 7.30 Å². The van der Waals surface area contributed by atoms with E-state index in [4.69, 9.17) is 0 Å². The highest BCUT2D eigenvalue weighted by molar-refractivity contribution is 8.63. The number of carbonyl (C=O) groups excluding carboxylic acids is 2. The number of nitrogens with zero attached hydrogens (tertiary/aromatic N) is 2. The van der Waals surface area contributed by atoms with Crippen LogP contribution in [0, 0.1) is 0 Å². The number of pyridine rings is 1. The lowest BCUT2D eigenvalue weighted by atomic mass is 10.2. The van der Waals surface area contributed by atoms with E-state index in [1.807, 2.05) is 13.0 Å². The van der Waals surface area contributed by atoms with Crippen LogP contribution in [-0.4, -0.2) is 34.8 Å². The summed E-state index contributed by atoms with van der Waals surface area (Å²) in [6.07, 6.45) is 2.48. The second kappa shape index (κ2) is 7.19. The molecule has 4 atom stereocenters. The maximum absolute atomic E-state index is 12.7. The van der Waals surface area contributed by atoms with E-state index in [9.17, 15) is 9.59 Å². The lowest BCUT2D eigenvalue weighted by molar-refractivity contribution is -0.116. The van der Waals surface area contributed by atoms with E-state index in [1.165, 1.54) is 0 Å². The third kappa shape index (κ3) is 3.34. The van der Waals surface area contributed by atoms with Gasteiger partial charge in [0, 0.05) is 18.0 Å². The summed E-state index contributed by atoms with van der Waals surface area (Å²) in [6, 6.07) is 1.88. The highest BCUT2D eigenvalue weighted by atomic mass is 32.6. The fourth-order valence-electron chi connectivity index (χ4n) is 2.05. The third-order valence-electron chi connectivity index (χ3n) is 2.91. The van der Waals surface area contributed by atoms with Gasteiger partial charge in [0.2, 0.25) is 5.91 Å². The zero-order chi connectivity index (χ0) is 14.7. The summed E-state index contributed by atoms with van der Waals surface area (Å²) >= 11 is 0. The Labute approximate surface area is 125 Å². The molecule has 0 fully saturated rings. The summed E-state index contributed by atoms with van der Waals surface area (Å²) in [7, 11) is 5.67. The second-order valence-corrected chi connectivity index (χ2v) is 13.4. The molecule has 0 saturated carbocycles. The number of amides is 2. The predicted octanol–water partition coefficient (Wildman–Crippen LogP) is 2.17. The van der Waals surface area contributed by atoms with Gasteiger partial charge >= 0.3 is 0 Å². The first-order chi connectivity index (χ1) is 9.58. The lowest BCUT2D eigenvalue weighted by Crippen LogP contribution is -2.36. The molecular formula is C11H17N3O2P4. The van der Waals surface area contributed by atoms with Crippen LogP contribution >= 0.6 is 33.1 Å². The maximum atomic E-state index is 12.7. The standard InChI is InChI=1S/C11H17N3O2P4/c1-2-5-14-6-8(15)13-10-9(11(14)16)7(3-4-12-10)20(18)19-17/h3-4,19H,2,5-6,17-18H2,1H3,(H,12,13,15). The quantitative estimate of drug-likeness (QED) is 0.850. The van der Waals surface area contributed by atoms with Crippen LogP contribution < -0.4 is 10.6 Å². The largest absolute Gasteiger partial charge is 0.329 e. The van der Waals surface area contributed by atoms with E-state index in [1.54, 1.807) is 11.1 Å². The van der Waals surface area contributed by atoms with Crippen molar-refractivity contribution >= 4 is 56.1 Å². The molecule has 0 aromatic carbocycles. The van der Waals surface area contributed by atoms with Crippen LogP contribution in [0.4, 0.5) is 5.82 Å². The second-order valence-electron chi connectivity index (χ2n) is 4.33. The Balaban J connectivity index is 2.52. The predicted molar refractivity (Wildman–Crippen MR) is 93.4 cm³/mol.